The molecule has 0 aliphatic rings. The number of carbonyl (C=O) groups excluding carboxylic acids is 1. The molecule has 4 aromatic rings. The number of hydrogen-bond donors (Lipinski definition) is 2. The van der Waals surface area contributed by atoms with Gasteiger partial charge in [-0.25, -0.2) is 4.79 Å². The maximum Gasteiger partial charge on any atom is 0.335 e. The van der Waals surface area contributed by atoms with Crippen molar-refractivity contribution in [2.24, 2.45) is 0 Å². The molecule has 1 amide bonds. The summed E-state index contributed by atoms with van der Waals surface area (Å²) in [5.41, 5.74) is 4.69. The van der Waals surface area contributed by atoms with Gasteiger partial charge in [0.05, 0.1) is 16.5 Å². The Hall–Kier alpha value is -4.98. The summed E-state index contributed by atoms with van der Waals surface area (Å²) in [5, 5.41) is 23.8. The van der Waals surface area contributed by atoms with E-state index in [-0.39, 0.29) is 23.2 Å². The van der Waals surface area contributed by atoms with Crippen LogP contribution in [0, 0.1) is 10.1 Å². The van der Waals surface area contributed by atoms with Crippen molar-refractivity contribution in [3.8, 4) is 0 Å². The molecule has 8 nitrogen and oxygen atoms in total. The van der Waals surface area contributed by atoms with Crippen LogP contribution in [0.15, 0.2) is 97.7 Å². The second-order valence-corrected chi connectivity index (χ2v) is 8.73. The normalized spacial score (nSPS) is 11.6. The number of hydrogen-bond acceptors (Lipinski definition) is 4. The van der Waals surface area contributed by atoms with Crippen LogP contribution < -0.4 is 5.32 Å². The summed E-state index contributed by atoms with van der Waals surface area (Å²) in [6, 6.07) is 19.6. The Bertz CT molecular complexity index is 1530. The third-order valence-electron chi connectivity index (χ3n) is 6.25. The van der Waals surface area contributed by atoms with Gasteiger partial charge in [0.25, 0.3) is 11.6 Å². The van der Waals surface area contributed by atoms with Gasteiger partial charge in [0.2, 0.25) is 0 Å². The van der Waals surface area contributed by atoms with E-state index in [9.17, 15) is 19.7 Å². The Morgan fingerprint density at radius 2 is 1.59 bits per heavy atom. The highest BCUT2D eigenvalue weighted by Gasteiger charge is 2.15. The second-order valence-electron chi connectivity index (χ2n) is 8.73. The molecule has 0 aliphatic carbocycles. The molecule has 186 valence electrons. The summed E-state index contributed by atoms with van der Waals surface area (Å²) in [6.07, 6.45) is 1.91. The van der Waals surface area contributed by atoms with Gasteiger partial charge in [-0.2, -0.15) is 0 Å². The highest BCUT2D eigenvalue weighted by molar-refractivity contribution is 5.98. The Labute approximate surface area is 213 Å². The smallest absolute Gasteiger partial charge is 0.335 e. The van der Waals surface area contributed by atoms with Gasteiger partial charge in [0, 0.05) is 41.3 Å². The molecule has 0 radical (unpaired) electrons. The number of aromatic carboxylic acids is 1. The van der Waals surface area contributed by atoms with Gasteiger partial charge in [-0.3, -0.25) is 14.9 Å². The molecule has 0 fully saturated rings. The number of benzene rings is 3. The van der Waals surface area contributed by atoms with Gasteiger partial charge in [-0.1, -0.05) is 37.4 Å². The van der Waals surface area contributed by atoms with Gasteiger partial charge in [0.1, 0.15) is 0 Å². The van der Waals surface area contributed by atoms with E-state index in [0.717, 1.165) is 33.2 Å². The fourth-order valence-corrected chi connectivity index (χ4v) is 4.05. The molecule has 37 heavy (non-hydrogen) atoms. The number of nitrogens with zero attached hydrogens (tertiary/aromatic N) is 2. The lowest BCUT2D eigenvalue weighted by Crippen LogP contribution is -2.26. The number of allylic oxidation sites excluding steroid dienone is 2. The van der Waals surface area contributed by atoms with Crippen LogP contribution in [0.1, 0.15) is 44.8 Å². The van der Waals surface area contributed by atoms with E-state index in [0.29, 0.717) is 12.1 Å². The first-order valence-corrected chi connectivity index (χ1v) is 11.5. The monoisotopic (exact) mass is 495 g/mol. The van der Waals surface area contributed by atoms with Crippen LogP contribution >= 0.6 is 0 Å². The van der Waals surface area contributed by atoms with Gasteiger partial charge in [-0.05, 0) is 65.6 Å². The summed E-state index contributed by atoms with van der Waals surface area (Å²) in [5.74, 6) is -1.23. The molecular weight excluding hydrogens is 470 g/mol. The van der Waals surface area contributed by atoms with E-state index in [2.05, 4.69) is 18.5 Å². The zero-order chi connectivity index (χ0) is 26.7. The van der Waals surface area contributed by atoms with E-state index in [4.69, 9.17) is 5.11 Å². The van der Waals surface area contributed by atoms with E-state index < -0.39 is 10.9 Å². The van der Waals surface area contributed by atoms with Crippen molar-refractivity contribution in [3.05, 3.63) is 130 Å². The number of carboxylic acid groups (broad SMARTS) is 1. The van der Waals surface area contributed by atoms with Crippen LogP contribution in [-0.2, 0) is 6.54 Å². The molecule has 2 N–H and O–H groups in total. The van der Waals surface area contributed by atoms with Crippen LogP contribution in [0.2, 0.25) is 0 Å². The Morgan fingerprint density at radius 3 is 2.22 bits per heavy atom. The average Bonchev–Trinajstić information content (AvgIpc) is 3.30. The zero-order valence-corrected chi connectivity index (χ0v) is 20.2. The number of aromatic nitrogens is 1. The fourth-order valence-electron chi connectivity index (χ4n) is 4.05. The minimum Gasteiger partial charge on any atom is -0.478 e. The summed E-state index contributed by atoms with van der Waals surface area (Å²) < 4.78 is 2.01. The van der Waals surface area contributed by atoms with Gasteiger partial charge in [0.15, 0.2) is 0 Å². The Balaban J connectivity index is 1.44. The van der Waals surface area contributed by atoms with Crippen molar-refractivity contribution in [2.75, 3.05) is 0 Å². The molecular formula is C29H25N3O5. The topological polar surface area (TPSA) is 114 Å². The van der Waals surface area contributed by atoms with Crippen molar-refractivity contribution in [1.29, 1.82) is 0 Å². The van der Waals surface area contributed by atoms with Gasteiger partial charge < -0.3 is 15.0 Å². The lowest BCUT2D eigenvalue weighted by atomic mass is 9.99. The van der Waals surface area contributed by atoms with Gasteiger partial charge in [-0.15, -0.1) is 0 Å². The molecule has 1 atom stereocenters. The largest absolute Gasteiger partial charge is 0.478 e. The number of nitro groups is 1. The van der Waals surface area contributed by atoms with Crippen LogP contribution in [0.4, 0.5) is 5.69 Å². The molecule has 0 spiro atoms. The number of carboxylic acids is 1. The second kappa shape index (κ2) is 10.3. The van der Waals surface area contributed by atoms with Crippen molar-refractivity contribution in [1.82, 2.24) is 9.88 Å². The molecule has 0 saturated carbocycles. The number of nitro benzene ring substituents is 1. The number of rotatable bonds is 9. The lowest BCUT2D eigenvalue weighted by Gasteiger charge is -2.15. The third kappa shape index (κ3) is 5.48. The highest BCUT2D eigenvalue weighted by Crippen LogP contribution is 2.25. The van der Waals surface area contributed by atoms with Crippen LogP contribution in [0.5, 0.6) is 0 Å². The van der Waals surface area contributed by atoms with Crippen LogP contribution in [0.3, 0.4) is 0 Å². The molecule has 8 heteroatoms. The first-order chi connectivity index (χ1) is 17.6. The maximum atomic E-state index is 12.9. The molecule has 4 rings (SSSR count). The van der Waals surface area contributed by atoms with Crippen molar-refractivity contribution in [2.45, 2.75) is 19.5 Å². The predicted octanol–water partition coefficient (Wildman–Crippen LogP) is 6.01. The number of non-ortho nitro benzene ring substituents is 1. The van der Waals surface area contributed by atoms with E-state index >= 15 is 0 Å². The molecule has 0 unspecified atom stereocenters. The van der Waals surface area contributed by atoms with Gasteiger partial charge >= 0.3 is 5.97 Å². The molecule has 0 saturated heterocycles. The highest BCUT2D eigenvalue weighted by atomic mass is 16.6. The first kappa shape index (κ1) is 25.1. The minimum absolute atomic E-state index is 0.000381. The molecule has 0 aliphatic heterocycles. The summed E-state index contributed by atoms with van der Waals surface area (Å²) in [4.78, 5) is 34.3. The maximum absolute atomic E-state index is 12.9. The predicted molar refractivity (Wildman–Crippen MR) is 142 cm³/mol. The molecule has 1 aromatic heterocycles. The van der Waals surface area contributed by atoms with Crippen molar-refractivity contribution >= 4 is 34.0 Å². The Morgan fingerprint density at radius 1 is 0.973 bits per heavy atom. The molecule has 0 bridgehead atoms. The van der Waals surface area contributed by atoms with Crippen molar-refractivity contribution in [3.63, 3.8) is 0 Å². The summed E-state index contributed by atoms with van der Waals surface area (Å²) in [7, 11) is 0. The molecule has 1 heterocycles. The first-order valence-electron chi connectivity index (χ1n) is 11.5. The van der Waals surface area contributed by atoms with E-state index in [1.54, 1.807) is 30.3 Å². The third-order valence-corrected chi connectivity index (χ3v) is 6.25. The number of amides is 1. The lowest BCUT2D eigenvalue weighted by molar-refractivity contribution is -0.384. The zero-order valence-electron chi connectivity index (χ0n) is 20.2. The van der Waals surface area contributed by atoms with E-state index in [1.165, 1.54) is 24.3 Å². The van der Waals surface area contributed by atoms with Crippen molar-refractivity contribution < 1.29 is 19.6 Å². The van der Waals surface area contributed by atoms with Crippen LogP contribution in [0.25, 0.3) is 16.5 Å². The minimum atomic E-state index is -0.983. The fraction of sp³-hybridized carbons (Fsp3) is 0.103. The number of carbonyl (C=O) groups is 2. The quantitative estimate of drug-likeness (QED) is 0.168. The number of fused-ring (bicyclic) bond motifs is 1. The average molecular weight is 496 g/mol. The Kier molecular flexibility index (Phi) is 7.01. The van der Waals surface area contributed by atoms with Crippen LogP contribution in [-0.4, -0.2) is 26.5 Å². The standard InChI is InChI=1S/C29H25N3O5/c1-18(19(2)21-4-6-23(7-5-21)29(34)35)17-31-15-14-24-16-25(10-13-27(24)31)28(33)30-20(3)22-8-11-26(12-9-22)32(36)37/h4-16,20H,1-2,17H2,3H3,(H,30,33)(H,34,35)/t20-/m0/s1. The summed E-state index contributed by atoms with van der Waals surface area (Å²) in [6.45, 7) is 10.6. The SMILES string of the molecule is C=C(Cn1ccc2cc(C(=O)N[C@@H](C)c3ccc([N+](=O)[O-])cc3)ccc21)C(=C)c1ccc(C(=O)O)cc1. The summed E-state index contributed by atoms with van der Waals surface area (Å²) >= 11 is 0. The van der Waals surface area contributed by atoms with E-state index in [1.807, 2.05) is 35.9 Å². The molecule has 3 aromatic carbocycles. The number of nitrogens with one attached hydrogen (secondary N) is 1.